The molecule has 0 heterocycles. The Morgan fingerprint density at radius 1 is 0.864 bits per heavy atom. The number of benzene rings is 3. The number of hydrogen-bond acceptors (Lipinski definition) is 0. The lowest BCUT2D eigenvalue weighted by Gasteiger charge is -2.07. The maximum Gasteiger partial charge on any atom is 0.423 e. The average molecular weight is 296 g/mol. The zero-order chi connectivity index (χ0) is 15.7. The van der Waals surface area contributed by atoms with E-state index in [4.69, 9.17) is 0 Å². The van der Waals surface area contributed by atoms with Crippen molar-refractivity contribution >= 4 is 21.5 Å². The van der Waals surface area contributed by atoms with Crippen molar-refractivity contribution in [2.24, 2.45) is 0 Å². The molecule has 0 fully saturated rings. The Morgan fingerprint density at radius 2 is 1.45 bits per heavy atom. The monoisotopic (exact) mass is 296 g/mol. The quantitative estimate of drug-likeness (QED) is 0.381. The predicted octanol–water partition coefficient (Wildman–Crippen LogP) is 5.46. The summed E-state index contributed by atoms with van der Waals surface area (Å²) in [4.78, 5) is 0. The van der Waals surface area contributed by atoms with Gasteiger partial charge in [-0.25, -0.2) is 0 Å². The molecular weight excluding hydrogens is 285 g/mol. The molecule has 22 heavy (non-hydrogen) atoms. The fourth-order valence-electron chi connectivity index (χ4n) is 2.37. The number of hydrogen-bond donors (Lipinski definition) is 0. The Kier molecular flexibility index (Phi) is 3.38. The predicted molar refractivity (Wildman–Crippen MR) is 83.5 cm³/mol. The number of halogens is 3. The van der Waals surface area contributed by atoms with Gasteiger partial charge in [0.15, 0.2) is 0 Å². The first kappa shape index (κ1) is 14.2. The Labute approximate surface area is 125 Å². The summed E-state index contributed by atoms with van der Waals surface area (Å²) in [6.45, 7) is 2.98. The molecule has 3 aromatic rings. The highest BCUT2D eigenvalue weighted by Crippen LogP contribution is 2.28. The van der Waals surface area contributed by atoms with E-state index < -0.39 is 11.7 Å². The molecule has 3 heteroatoms. The second kappa shape index (κ2) is 5.23. The molecule has 0 aromatic heterocycles. The van der Waals surface area contributed by atoms with Gasteiger partial charge in [-0.1, -0.05) is 67.0 Å². The fraction of sp³-hybridized carbons (Fsp3) is 0.0526. The van der Waals surface area contributed by atoms with E-state index in [9.17, 15) is 13.2 Å². The molecule has 0 unspecified atom stereocenters. The summed E-state index contributed by atoms with van der Waals surface area (Å²) < 4.78 is 37.6. The average Bonchev–Trinajstić information content (AvgIpc) is 2.51. The Bertz CT molecular complexity index is 937. The zero-order valence-electron chi connectivity index (χ0n) is 11.5. The van der Waals surface area contributed by atoms with E-state index in [1.54, 1.807) is 0 Å². The maximum atomic E-state index is 12.5. The molecular formula is C19H11F3. The van der Waals surface area contributed by atoms with Crippen molar-refractivity contribution in [3.05, 3.63) is 72.3 Å². The highest BCUT2D eigenvalue weighted by Gasteiger charge is 2.30. The lowest BCUT2D eigenvalue weighted by molar-refractivity contribution is -0.0868. The van der Waals surface area contributed by atoms with Crippen LogP contribution in [0.5, 0.6) is 0 Å². The molecule has 3 aromatic carbocycles. The molecule has 0 saturated carbocycles. The number of alkyl halides is 3. The lowest BCUT2D eigenvalue weighted by Crippen LogP contribution is -2.08. The zero-order valence-corrected chi connectivity index (χ0v) is 11.5. The summed E-state index contributed by atoms with van der Waals surface area (Å²) in [5, 5.41) is 3.81. The van der Waals surface area contributed by atoms with Crippen LogP contribution < -0.4 is 0 Å². The van der Waals surface area contributed by atoms with E-state index in [0.717, 1.165) is 21.5 Å². The van der Waals surface area contributed by atoms with Crippen molar-refractivity contribution in [3.8, 4) is 11.8 Å². The van der Waals surface area contributed by atoms with Gasteiger partial charge < -0.3 is 0 Å². The molecule has 0 aliphatic rings. The number of allylic oxidation sites excluding steroid dienone is 1. The normalized spacial score (nSPS) is 11.2. The standard InChI is InChI=1S/C19H11F3/c1-13(19(20,21)22)10-11-15-12-14-6-2-3-7-16(14)18-9-5-4-8-17(15)18/h2-9,12H,1H2. The van der Waals surface area contributed by atoms with Gasteiger partial charge in [-0.05, 0) is 27.6 Å². The van der Waals surface area contributed by atoms with Crippen LogP contribution in [0.1, 0.15) is 5.56 Å². The van der Waals surface area contributed by atoms with E-state index in [1.165, 1.54) is 0 Å². The summed E-state index contributed by atoms with van der Waals surface area (Å²) in [6, 6.07) is 17.1. The highest BCUT2D eigenvalue weighted by molar-refractivity contribution is 6.09. The van der Waals surface area contributed by atoms with Gasteiger partial charge >= 0.3 is 6.18 Å². The van der Waals surface area contributed by atoms with Crippen molar-refractivity contribution in [1.29, 1.82) is 0 Å². The summed E-state index contributed by atoms with van der Waals surface area (Å²) in [5.41, 5.74) is -0.468. The van der Waals surface area contributed by atoms with Crippen molar-refractivity contribution < 1.29 is 13.2 Å². The number of fused-ring (bicyclic) bond motifs is 3. The highest BCUT2D eigenvalue weighted by atomic mass is 19.4. The van der Waals surface area contributed by atoms with E-state index in [2.05, 4.69) is 18.4 Å². The summed E-state index contributed by atoms with van der Waals surface area (Å²) in [6.07, 6.45) is -4.49. The Morgan fingerprint density at radius 3 is 2.14 bits per heavy atom. The summed E-state index contributed by atoms with van der Waals surface area (Å²) in [5.74, 6) is 4.74. The van der Waals surface area contributed by atoms with Gasteiger partial charge in [-0.15, -0.1) is 0 Å². The minimum atomic E-state index is -4.49. The second-order valence-corrected chi connectivity index (χ2v) is 4.92. The maximum absolute atomic E-state index is 12.5. The van der Waals surface area contributed by atoms with Gasteiger partial charge in [0.05, 0.1) is 5.57 Å². The molecule has 0 aliphatic carbocycles. The van der Waals surface area contributed by atoms with Crippen LogP contribution in [0, 0.1) is 11.8 Å². The first-order valence-electron chi connectivity index (χ1n) is 6.65. The van der Waals surface area contributed by atoms with Crippen molar-refractivity contribution in [2.75, 3.05) is 0 Å². The van der Waals surface area contributed by atoms with Crippen molar-refractivity contribution in [3.63, 3.8) is 0 Å². The SMILES string of the molecule is C=C(C#Cc1cc2ccccc2c2ccccc12)C(F)(F)F. The molecule has 0 bridgehead atoms. The van der Waals surface area contributed by atoms with Gasteiger partial charge in [-0.3, -0.25) is 0 Å². The van der Waals surface area contributed by atoms with Crippen LogP contribution in [0.2, 0.25) is 0 Å². The lowest BCUT2D eigenvalue weighted by atomic mass is 9.97. The first-order valence-corrected chi connectivity index (χ1v) is 6.65. The van der Waals surface area contributed by atoms with E-state index >= 15 is 0 Å². The van der Waals surface area contributed by atoms with E-state index in [-0.39, 0.29) is 0 Å². The molecule has 0 amide bonds. The third kappa shape index (κ3) is 2.56. The third-order valence-electron chi connectivity index (χ3n) is 3.46. The molecule has 0 aliphatic heterocycles. The van der Waals surface area contributed by atoms with Crippen LogP contribution in [-0.4, -0.2) is 6.18 Å². The van der Waals surface area contributed by atoms with Crippen LogP contribution in [0.4, 0.5) is 13.2 Å². The van der Waals surface area contributed by atoms with Crippen molar-refractivity contribution in [2.45, 2.75) is 6.18 Å². The molecule has 108 valence electrons. The largest absolute Gasteiger partial charge is 0.423 e. The smallest absolute Gasteiger partial charge is 0.165 e. The second-order valence-electron chi connectivity index (χ2n) is 4.92. The van der Waals surface area contributed by atoms with Gasteiger partial charge in [0.2, 0.25) is 0 Å². The molecule has 3 rings (SSSR count). The first-order chi connectivity index (χ1) is 10.5. The van der Waals surface area contributed by atoms with Crippen LogP contribution in [0.25, 0.3) is 21.5 Å². The van der Waals surface area contributed by atoms with Gasteiger partial charge in [0.25, 0.3) is 0 Å². The van der Waals surface area contributed by atoms with E-state index in [1.807, 2.05) is 54.6 Å². The Hall–Kier alpha value is -2.73. The van der Waals surface area contributed by atoms with Crippen LogP contribution >= 0.6 is 0 Å². The minimum Gasteiger partial charge on any atom is -0.165 e. The van der Waals surface area contributed by atoms with Gasteiger partial charge in [-0.2, -0.15) is 13.2 Å². The van der Waals surface area contributed by atoms with E-state index in [0.29, 0.717) is 5.56 Å². The molecule has 0 spiro atoms. The molecule has 0 atom stereocenters. The summed E-state index contributed by atoms with van der Waals surface area (Å²) in [7, 11) is 0. The molecule has 0 radical (unpaired) electrons. The van der Waals surface area contributed by atoms with Crippen LogP contribution in [0.3, 0.4) is 0 Å². The molecule has 0 saturated heterocycles. The molecule has 0 N–H and O–H groups in total. The summed E-state index contributed by atoms with van der Waals surface area (Å²) >= 11 is 0. The molecule has 0 nitrogen and oxygen atoms in total. The van der Waals surface area contributed by atoms with Gasteiger partial charge in [0, 0.05) is 5.56 Å². The fourth-order valence-corrected chi connectivity index (χ4v) is 2.37. The topological polar surface area (TPSA) is 0 Å². The Balaban J connectivity index is 2.25. The van der Waals surface area contributed by atoms with Crippen molar-refractivity contribution in [1.82, 2.24) is 0 Å². The van der Waals surface area contributed by atoms with Crippen LogP contribution in [-0.2, 0) is 0 Å². The minimum absolute atomic E-state index is 0.569. The van der Waals surface area contributed by atoms with Crippen LogP contribution in [0.15, 0.2) is 66.7 Å². The third-order valence-corrected chi connectivity index (χ3v) is 3.46. The number of rotatable bonds is 0. The van der Waals surface area contributed by atoms with Gasteiger partial charge in [0.1, 0.15) is 0 Å².